The second-order valence-corrected chi connectivity index (χ2v) is 9.10. The van der Waals surface area contributed by atoms with Crippen LogP contribution < -0.4 is 0 Å². The van der Waals surface area contributed by atoms with Gasteiger partial charge in [-0.3, -0.25) is 4.79 Å². The molecule has 1 amide bonds. The normalized spacial score (nSPS) is 20.9. The van der Waals surface area contributed by atoms with Crippen LogP contribution in [0.15, 0.2) is 22.7 Å². The summed E-state index contributed by atoms with van der Waals surface area (Å²) >= 11 is 5.55. The van der Waals surface area contributed by atoms with Gasteiger partial charge in [0, 0.05) is 20.6 Å². The van der Waals surface area contributed by atoms with Crippen molar-refractivity contribution in [3.63, 3.8) is 0 Å². The summed E-state index contributed by atoms with van der Waals surface area (Å²) in [4.78, 5) is 14.3. The van der Waals surface area contributed by atoms with Crippen molar-refractivity contribution in [2.45, 2.75) is 19.4 Å². The highest BCUT2D eigenvalue weighted by Gasteiger charge is 2.34. The lowest BCUT2D eigenvalue weighted by Crippen LogP contribution is -2.41. The Morgan fingerprint density at radius 3 is 2.75 bits per heavy atom. The average Bonchev–Trinajstić information content (AvgIpc) is 2.73. The summed E-state index contributed by atoms with van der Waals surface area (Å²) in [5.74, 6) is 0.142. The Bertz CT molecular complexity index is 633. The molecule has 0 N–H and O–H groups in total. The van der Waals surface area contributed by atoms with Gasteiger partial charge in [-0.15, -0.1) is 0 Å². The van der Waals surface area contributed by atoms with E-state index in [0.29, 0.717) is 18.5 Å². The summed E-state index contributed by atoms with van der Waals surface area (Å²) in [5, 5.41) is 0. The van der Waals surface area contributed by atoms with Gasteiger partial charge >= 0.3 is 0 Å². The van der Waals surface area contributed by atoms with Crippen molar-refractivity contribution < 1.29 is 13.2 Å². The number of halogens is 2. The highest BCUT2D eigenvalue weighted by atomic mass is 127. The summed E-state index contributed by atoms with van der Waals surface area (Å²) in [6.07, 6.45) is 0.531. The Morgan fingerprint density at radius 1 is 1.50 bits per heavy atom. The Labute approximate surface area is 141 Å². The summed E-state index contributed by atoms with van der Waals surface area (Å²) in [5.41, 5.74) is 0.586. The maximum Gasteiger partial charge on any atom is 0.255 e. The minimum Gasteiger partial charge on any atom is -0.335 e. The molecule has 1 aromatic rings. The predicted molar refractivity (Wildman–Crippen MR) is 90.6 cm³/mol. The Hall–Kier alpha value is -0.150. The molecule has 0 spiro atoms. The Kier molecular flexibility index (Phi) is 5.12. The SMILES string of the molecule is CCN(C(=O)c1cc(I)ccc1Br)C1CCS(=O)(=O)C1. The lowest BCUT2D eigenvalue weighted by atomic mass is 10.1. The van der Waals surface area contributed by atoms with Crippen LogP contribution in [0.5, 0.6) is 0 Å². The molecule has 0 bridgehead atoms. The van der Waals surface area contributed by atoms with E-state index in [4.69, 9.17) is 0 Å². The van der Waals surface area contributed by atoms with Crippen molar-refractivity contribution in [2.24, 2.45) is 0 Å². The molecule has 1 aliphatic heterocycles. The molecule has 0 saturated carbocycles. The first-order chi connectivity index (χ1) is 9.34. The van der Waals surface area contributed by atoms with Crippen molar-refractivity contribution in [2.75, 3.05) is 18.1 Å². The third-order valence-electron chi connectivity index (χ3n) is 3.41. The largest absolute Gasteiger partial charge is 0.335 e. The third-order valence-corrected chi connectivity index (χ3v) is 6.52. The van der Waals surface area contributed by atoms with E-state index < -0.39 is 9.84 Å². The highest BCUT2D eigenvalue weighted by molar-refractivity contribution is 14.1. The minimum absolute atomic E-state index is 0.0775. The second kappa shape index (κ2) is 6.31. The first-order valence-electron chi connectivity index (χ1n) is 6.30. The van der Waals surface area contributed by atoms with E-state index in [1.165, 1.54) is 0 Å². The quantitative estimate of drug-likeness (QED) is 0.637. The van der Waals surface area contributed by atoms with E-state index in [1.54, 1.807) is 4.90 Å². The first-order valence-corrected chi connectivity index (χ1v) is 10.00. The molecular formula is C13H15BrINO3S. The van der Waals surface area contributed by atoms with E-state index in [2.05, 4.69) is 38.5 Å². The van der Waals surface area contributed by atoms with Gasteiger partial charge in [0.15, 0.2) is 9.84 Å². The molecule has 1 fully saturated rings. The van der Waals surface area contributed by atoms with Crippen molar-refractivity contribution in [3.8, 4) is 0 Å². The zero-order valence-corrected chi connectivity index (χ0v) is 15.5. The summed E-state index contributed by atoms with van der Waals surface area (Å²) in [7, 11) is -2.99. The number of carbonyl (C=O) groups excluding carboxylic acids is 1. The average molecular weight is 472 g/mol. The van der Waals surface area contributed by atoms with Gasteiger partial charge in [0.25, 0.3) is 5.91 Å². The van der Waals surface area contributed by atoms with Gasteiger partial charge in [-0.05, 0) is 70.1 Å². The van der Waals surface area contributed by atoms with Crippen LogP contribution in [0.25, 0.3) is 0 Å². The molecule has 0 aliphatic carbocycles. The Morgan fingerprint density at radius 2 is 2.20 bits per heavy atom. The summed E-state index contributed by atoms with van der Waals surface area (Å²) < 4.78 is 24.9. The Balaban J connectivity index is 2.28. The number of benzene rings is 1. The molecule has 110 valence electrons. The van der Waals surface area contributed by atoms with E-state index in [1.807, 2.05) is 25.1 Å². The third kappa shape index (κ3) is 3.54. The molecule has 20 heavy (non-hydrogen) atoms. The van der Waals surface area contributed by atoms with E-state index in [-0.39, 0.29) is 23.5 Å². The van der Waals surface area contributed by atoms with Crippen LogP contribution in [0.1, 0.15) is 23.7 Å². The lowest BCUT2D eigenvalue weighted by Gasteiger charge is -2.27. The molecule has 1 aliphatic rings. The van der Waals surface area contributed by atoms with Gasteiger partial charge < -0.3 is 4.90 Å². The molecule has 2 rings (SSSR count). The minimum atomic E-state index is -2.99. The maximum atomic E-state index is 12.6. The van der Waals surface area contributed by atoms with Crippen molar-refractivity contribution in [1.29, 1.82) is 0 Å². The van der Waals surface area contributed by atoms with E-state index in [0.717, 1.165) is 8.04 Å². The molecule has 0 aromatic heterocycles. The van der Waals surface area contributed by atoms with Crippen LogP contribution in [-0.4, -0.2) is 43.3 Å². The molecule has 1 heterocycles. The molecule has 0 radical (unpaired) electrons. The number of carbonyl (C=O) groups is 1. The van der Waals surface area contributed by atoms with Crippen molar-refractivity contribution >= 4 is 54.3 Å². The van der Waals surface area contributed by atoms with E-state index in [9.17, 15) is 13.2 Å². The van der Waals surface area contributed by atoms with Gasteiger partial charge in [0.2, 0.25) is 0 Å². The fourth-order valence-electron chi connectivity index (χ4n) is 2.40. The fourth-order valence-corrected chi connectivity index (χ4v) is 5.04. The van der Waals surface area contributed by atoms with Gasteiger partial charge in [-0.2, -0.15) is 0 Å². The zero-order valence-electron chi connectivity index (χ0n) is 11.0. The highest BCUT2D eigenvalue weighted by Crippen LogP contribution is 2.24. The standard InChI is InChI=1S/C13H15BrINO3S/c1-2-16(10-5-6-20(18,19)8-10)13(17)11-7-9(15)3-4-12(11)14/h3-4,7,10H,2,5-6,8H2,1H3. The van der Waals surface area contributed by atoms with Crippen molar-refractivity contribution in [3.05, 3.63) is 31.8 Å². The smallest absolute Gasteiger partial charge is 0.255 e. The van der Waals surface area contributed by atoms with Crippen LogP contribution in [0.4, 0.5) is 0 Å². The van der Waals surface area contributed by atoms with Crippen molar-refractivity contribution in [1.82, 2.24) is 4.90 Å². The monoisotopic (exact) mass is 471 g/mol. The van der Waals surface area contributed by atoms with Gasteiger partial charge in [0.05, 0.1) is 17.1 Å². The van der Waals surface area contributed by atoms with Crippen LogP contribution in [0.2, 0.25) is 0 Å². The van der Waals surface area contributed by atoms with Crippen LogP contribution >= 0.6 is 38.5 Å². The number of amides is 1. The molecule has 4 nitrogen and oxygen atoms in total. The number of hydrogen-bond donors (Lipinski definition) is 0. The van der Waals surface area contributed by atoms with Gasteiger partial charge in [0.1, 0.15) is 0 Å². The first kappa shape index (κ1) is 16.2. The number of sulfone groups is 1. The fraction of sp³-hybridized carbons (Fsp3) is 0.462. The molecular weight excluding hydrogens is 457 g/mol. The maximum absolute atomic E-state index is 12.6. The summed E-state index contributed by atoms with van der Waals surface area (Å²) in [6.45, 7) is 2.39. The molecule has 1 unspecified atom stereocenters. The van der Waals surface area contributed by atoms with Gasteiger partial charge in [-0.25, -0.2) is 8.42 Å². The zero-order chi connectivity index (χ0) is 14.9. The number of hydrogen-bond acceptors (Lipinski definition) is 3. The predicted octanol–water partition coefficient (Wildman–Crippen LogP) is 2.70. The lowest BCUT2D eigenvalue weighted by molar-refractivity contribution is 0.0707. The summed E-state index contributed by atoms with van der Waals surface area (Å²) in [6, 6.07) is 5.37. The van der Waals surface area contributed by atoms with Crippen LogP contribution in [0, 0.1) is 3.57 Å². The topological polar surface area (TPSA) is 54.5 Å². The molecule has 7 heteroatoms. The number of rotatable bonds is 3. The van der Waals surface area contributed by atoms with Gasteiger partial charge in [-0.1, -0.05) is 0 Å². The second-order valence-electron chi connectivity index (χ2n) is 4.77. The molecule has 1 aromatic carbocycles. The van der Waals surface area contributed by atoms with Crippen LogP contribution in [0.3, 0.4) is 0 Å². The van der Waals surface area contributed by atoms with Crippen LogP contribution in [-0.2, 0) is 9.84 Å². The molecule has 1 atom stereocenters. The number of nitrogens with zero attached hydrogens (tertiary/aromatic N) is 1. The molecule has 1 saturated heterocycles. The van der Waals surface area contributed by atoms with E-state index >= 15 is 0 Å².